The first-order valence-electron chi connectivity index (χ1n) is 5.06. The van der Waals surface area contributed by atoms with E-state index in [1.807, 2.05) is 0 Å². The largest absolute Gasteiger partial charge is 1.00 e. The summed E-state index contributed by atoms with van der Waals surface area (Å²) in [4.78, 5) is 22.5. The molecule has 1 saturated heterocycles. The van der Waals surface area contributed by atoms with E-state index in [0.29, 0.717) is 6.42 Å². The molecule has 0 amide bonds. The van der Waals surface area contributed by atoms with Crippen LogP contribution in [-0.4, -0.2) is 30.3 Å². The topological polar surface area (TPSA) is 64.6 Å². The number of carbonyl (C=O) groups excluding carboxylic acids is 2. The molecule has 0 aliphatic carbocycles. The second-order valence-electron chi connectivity index (χ2n) is 4.53. The molecule has 1 aliphatic rings. The van der Waals surface area contributed by atoms with Crippen LogP contribution in [0.4, 0.5) is 4.79 Å². The van der Waals surface area contributed by atoms with Gasteiger partial charge in [-0.2, -0.15) is 0 Å². The van der Waals surface area contributed by atoms with Crippen molar-refractivity contribution in [1.82, 2.24) is 5.32 Å². The average molecular weight is 255 g/mol. The van der Waals surface area contributed by atoms with Crippen molar-refractivity contribution in [2.75, 3.05) is 6.54 Å². The Morgan fingerprint density at radius 2 is 2.00 bits per heavy atom. The molecule has 1 N–H and O–H groups in total. The fraction of sp³-hybridized carbons (Fsp3) is 0.800. The third-order valence-corrected chi connectivity index (χ3v) is 1.92. The molecule has 0 saturated carbocycles. The van der Waals surface area contributed by atoms with E-state index < -0.39 is 17.7 Å². The van der Waals surface area contributed by atoms with Crippen LogP contribution in [0.3, 0.4) is 0 Å². The summed E-state index contributed by atoms with van der Waals surface area (Å²) in [5.74, 6) is -0.554. The Balaban J connectivity index is 0. The molecular weight excluding hydrogens is 237 g/mol. The number of rotatable bonds is 1. The molecule has 0 aromatic carbocycles. The maximum Gasteiger partial charge on any atom is 1.00 e. The quantitative estimate of drug-likeness (QED) is 0.345. The molecule has 0 bridgehead atoms. The maximum absolute atomic E-state index is 11.4. The Morgan fingerprint density at radius 1 is 1.38 bits per heavy atom. The molecule has 88 valence electrons. The minimum absolute atomic E-state index is 0. The molecule has 0 aromatic heterocycles. The van der Waals surface area contributed by atoms with Crippen LogP contribution in [0.1, 0.15) is 35.0 Å². The summed E-state index contributed by atoms with van der Waals surface area (Å²) in [5, 5.41) is 2.94. The number of ether oxygens (including phenoxy) is 2. The van der Waals surface area contributed by atoms with Gasteiger partial charge in [0.25, 0.3) is 0 Å². The van der Waals surface area contributed by atoms with Crippen LogP contribution >= 0.6 is 0 Å². The Morgan fingerprint density at radius 3 is 2.44 bits per heavy atom. The van der Waals surface area contributed by atoms with Gasteiger partial charge in [0.1, 0.15) is 11.6 Å². The summed E-state index contributed by atoms with van der Waals surface area (Å²) in [6.07, 6.45) is 0.705. The van der Waals surface area contributed by atoms with E-state index >= 15 is 0 Å². The van der Waals surface area contributed by atoms with Gasteiger partial charge in [-0.05, 0) is 40.2 Å². The van der Waals surface area contributed by atoms with Gasteiger partial charge in [0.15, 0.2) is 0 Å². The summed E-state index contributed by atoms with van der Waals surface area (Å²) in [6, 6.07) is -0.363. The summed E-state index contributed by atoms with van der Waals surface area (Å²) >= 11 is 0. The van der Waals surface area contributed by atoms with Crippen molar-refractivity contribution < 1.29 is 71.9 Å². The van der Waals surface area contributed by atoms with E-state index in [-0.39, 0.29) is 58.9 Å². The van der Waals surface area contributed by atoms with Gasteiger partial charge in [0.05, 0.1) is 0 Å². The van der Waals surface area contributed by atoms with Gasteiger partial charge in [0, 0.05) is 0 Å². The number of carbonyl (C=O) groups is 2. The maximum atomic E-state index is 11.4. The summed E-state index contributed by atoms with van der Waals surface area (Å²) in [7, 11) is 0. The van der Waals surface area contributed by atoms with Crippen LogP contribution < -0.4 is 56.7 Å². The zero-order valence-corrected chi connectivity index (χ0v) is 13.5. The van der Waals surface area contributed by atoms with Crippen molar-refractivity contribution in [2.45, 2.75) is 45.3 Å². The van der Waals surface area contributed by atoms with E-state index in [2.05, 4.69) is 10.1 Å². The van der Waals surface area contributed by atoms with Crippen LogP contribution in [0.2, 0.25) is 0 Å². The molecular formula is C10H18KNO4. The molecule has 16 heavy (non-hydrogen) atoms. The molecule has 1 atom stereocenters. The first kappa shape index (κ1) is 16.5. The number of nitrogens with one attached hydrogen (secondary N) is 1. The van der Waals surface area contributed by atoms with Crippen molar-refractivity contribution in [3.05, 3.63) is 0 Å². The average Bonchev–Trinajstić information content (AvgIpc) is 2.50. The van der Waals surface area contributed by atoms with E-state index in [4.69, 9.17) is 4.74 Å². The van der Waals surface area contributed by atoms with Gasteiger partial charge >= 0.3 is 63.5 Å². The van der Waals surface area contributed by atoms with E-state index in [1.54, 1.807) is 20.8 Å². The van der Waals surface area contributed by atoms with E-state index in [9.17, 15) is 9.59 Å². The van der Waals surface area contributed by atoms with Crippen molar-refractivity contribution >= 4 is 12.1 Å². The van der Waals surface area contributed by atoms with Crippen LogP contribution in [0.5, 0.6) is 0 Å². The standard InChI is InChI=1S/C10H17NO4.K.H/c1-10(2,3)15-9(13)14-8(12)7-5-4-6-11-7;;/h7,11H,4-6H2,1-3H3;;/q;+1;-1/t7-;;/m0../s1. The predicted molar refractivity (Wildman–Crippen MR) is 54.5 cm³/mol. The molecule has 0 aromatic rings. The van der Waals surface area contributed by atoms with E-state index in [0.717, 1.165) is 13.0 Å². The predicted octanol–water partition coefficient (Wildman–Crippen LogP) is -1.67. The smallest absolute Gasteiger partial charge is 1.00 e. The number of hydrogen-bond acceptors (Lipinski definition) is 5. The Bertz CT molecular complexity index is 262. The molecule has 1 rings (SSSR count). The third kappa shape index (κ3) is 6.32. The summed E-state index contributed by atoms with van der Waals surface area (Å²) < 4.78 is 9.41. The molecule has 5 nitrogen and oxygen atoms in total. The van der Waals surface area contributed by atoms with Crippen molar-refractivity contribution in [1.29, 1.82) is 0 Å². The normalized spacial score (nSPS) is 19.8. The second-order valence-corrected chi connectivity index (χ2v) is 4.53. The molecule has 6 heteroatoms. The van der Waals surface area contributed by atoms with Gasteiger partial charge in [-0.3, -0.25) is 0 Å². The van der Waals surface area contributed by atoms with Crippen molar-refractivity contribution in [3.63, 3.8) is 0 Å². The molecule has 1 heterocycles. The van der Waals surface area contributed by atoms with Crippen LogP contribution in [-0.2, 0) is 14.3 Å². The molecule has 1 fully saturated rings. The first-order valence-corrected chi connectivity index (χ1v) is 5.06. The second kappa shape index (κ2) is 7.08. The van der Waals surface area contributed by atoms with Gasteiger partial charge in [-0.1, -0.05) is 0 Å². The molecule has 0 radical (unpaired) electrons. The minimum atomic E-state index is -0.929. The van der Waals surface area contributed by atoms with Crippen LogP contribution in [0, 0.1) is 0 Å². The number of esters is 1. The van der Waals surface area contributed by atoms with Gasteiger partial charge in [-0.25, -0.2) is 9.59 Å². The van der Waals surface area contributed by atoms with Gasteiger partial charge < -0.3 is 16.2 Å². The van der Waals surface area contributed by atoms with Crippen molar-refractivity contribution in [3.8, 4) is 0 Å². The Kier molecular flexibility index (Phi) is 7.32. The Labute approximate surface area is 140 Å². The third-order valence-electron chi connectivity index (χ3n) is 1.92. The minimum Gasteiger partial charge on any atom is -1.00 e. The first-order chi connectivity index (χ1) is 6.88. The molecule has 1 aliphatic heterocycles. The van der Waals surface area contributed by atoms with Gasteiger partial charge in [-0.15, -0.1) is 0 Å². The monoisotopic (exact) mass is 255 g/mol. The number of hydrogen-bond donors (Lipinski definition) is 1. The van der Waals surface area contributed by atoms with Crippen molar-refractivity contribution in [2.24, 2.45) is 0 Å². The summed E-state index contributed by atoms with van der Waals surface area (Å²) in [6.45, 7) is 5.93. The fourth-order valence-corrected chi connectivity index (χ4v) is 1.31. The zero-order chi connectivity index (χ0) is 11.5. The fourth-order valence-electron chi connectivity index (χ4n) is 1.31. The van der Waals surface area contributed by atoms with Crippen LogP contribution in [0.25, 0.3) is 0 Å². The van der Waals surface area contributed by atoms with Crippen LogP contribution in [0.15, 0.2) is 0 Å². The Hall–Kier alpha value is 0.536. The van der Waals surface area contributed by atoms with Gasteiger partial charge in [0.2, 0.25) is 0 Å². The zero-order valence-electron chi connectivity index (χ0n) is 11.3. The molecule has 0 spiro atoms. The summed E-state index contributed by atoms with van der Waals surface area (Å²) in [5.41, 5.74) is -0.638. The SMILES string of the molecule is CC(C)(C)OC(=O)OC(=O)[C@@H]1CCCN1.[H-].[K+]. The molecule has 0 unspecified atom stereocenters. The van der Waals surface area contributed by atoms with E-state index in [1.165, 1.54) is 0 Å².